The lowest BCUT2D eigenvalue weighted by Gasteiger charge is -2.18. The maximum atomic E-state index is 12.9. The molecule has 0 bridgehead atoms. The van der Waals surface area contributed by atoms with Crippen LogP contribution in [0.15, 0.2) is 97.2 Å². The molecule has 0 aromatic rings. The van der Waals surface area contributed by atoms with Crippen LogP contribution in [0.25, 0.3) is 0 Å². The van der Waals surface area contributed by atoms with Crippen molar-refractivity contribution in [3.63, 3.8) is 0 Å². The van der Waals surface area contributed by atoms with Crippen molar-refractivity contribution in [3.05, 3.63) is 97.2 Å². The van der Waals surface area contributed by atoms with E-state index in [0.717, 1.165) is 116 Å². The van der Waals surface area contributed by atoms with Gasteiger partial charge in [-0.1, -0.05) is 246 Å². The third kappa shape index (κ3) is 59.1. The fourth-order valence-corrected chi connectivity index (χ4v) is 8.44. The summed E-state index contributed by atoms with van der Waals surface area (Å²) in [5.41, 5.74) is 0. The minimum atomic E-state index is -0.797. The zero-order valence-corrected chi connectivity index (χ0v) is 47.9. The van der Waals surface area contributed by atoms with Gasteiger partial charge in [0.1, 0.15) is 13.2 Å². The highest BCUT2D eigenvalue weighted by molar-refractivity contribution is 5.71. The summed E-state index contributed by atoms with van der Waals surface area (Å²) >= 11 is 0. The second-order valence-electron chi connectivity index (χ2n) is 20.2. The Kier molecular flexibility index (Phi) is 57.8. The molecular weight excluding hydrogens is 901 g/mol. The molecule has 0 saturated carbocycles. The molecule has 1 atom stereocenters. The topological polar surface area (TPSA) is 78.9 Å². The predicted molar refractivity (Wildman–Crippen MR) is 316 cm³/mol. The molecule has 418 valence electrons. The Hall–Kier alpha value is -3.67. The van der Waals surface area contributed by atoms with Crippen molar-refractivity contribution in [2.24, 2.45) is 0 Å². The summed E-state index contributed by atoms with van der Waals surface area (Å²) < 4.78 is 16.9. The molecule has 0 N–H and O–H groups in total. The van der Waals surface area contributed by atoms with Crippen LogP contribution in [0.3, 0.4) is 0 Å². The number of hydrogen-bond acceptors (Lipinski definition) is 6. The van der Waals surface area contributed by atoms with E-state index in [0.29, 0.717) is 19.3 Å². The molecule has 0 fully saturated rings. The zero-order chi connectivity index (χ0) is 52.9. The van der Waals surface area contributed by atoms with E-state index >= 15 is 0 Å². The van der Waals surface area contributed by atoms with E-state index < -0.39 is 6.10 Å². The van der Waals surface area contributed by atoms with Crippen molar-refractivity contribution in [1.29, 1.82) is 0 Å². The Morgan fingerprint density at radius 3 is 0.877 bits per heavy atom. The molecule has 73 heavy (non-hydrogen) atoms. The highest BCUT2D eigenvalue weighted by atomic mass is 16.6. The summed E-state index contributed by atoms with van der Waals surface area (Å²) in [4.78, 5) is 38.3. The van der Waals surface area contributed by atoms with Crippen LogP contribution in [-0.2, 0) is 28.6 Å². The summed E-state index contributed by atoms with van der Waals surface area (Å²) in [5, 5.41) is 0. The monoisotopic (exact) mass is 1010 g/mol. The van der Waals surface area contributed by atoms with Crippen molar-refractivity contribution in [3.8, 4) is 0 Å². The fourth-order valence-electron chi connectivity index (χ4n) is 8.44. The smallest absolute Gasteiger partial charge is 0.306 e. The predicted octanol–water partition coefficient (Wildman–Crippen LogP) is 20.9. The van der Waals surface area contributed by atoms with Gasteiger partial charge in [-0.15, -0.1) is 0 Å². The van der Waals surface area contributed by atoms with E-state index in [1.54, 1.807) is 0 Å². The molecule has 0 spiro atoms. The number of esters is 3. The summed E-state index contributed by atoms with van der Waals surface area (Å²) in [6.07, 6.45) is 81.1. The minimum Gasteiger partial charge on any atom is -0.462 e. The number of unbranched alkanes of at least 4 members (excludes halogenated alkanes) is 28. The Morgan fingerprint density at radius 1 is 0.288 bits per heavy atom. The molecule has 0 aliphatic carbocycles. The molecule has 0 aliphatic rings. The zero-order valence-electron chi connectivity index (χ0n) is 47.9. The molecule has 0 rings (SSSR count). The second-order valence-corrected chi connectivity index (χ2v) is 20.2. The first-order chi connectivity index (χ1) is 36.0. The molecular formula is C67H114O6. The minimum absolute atomic E-state index is 0.0931. The SMILES string of the molecule is CC/C=C\C/C=C\C/C=C\C/C=C\CCCCCCC(=O)OCC(COC(=O)CCCCCCCC/C=C\C/C=C\C/C=C\CCCCC)OC(=O)CCCCCCCCCCC/C=C\CCCCCCCC. The van der Waals surface area contributed by atoms with Crippen molar-refractivity contribution in [2.45, 2.75) is 297 Å². The quantitative estimate of drug-likeness (QED) is 0.0261. The first kappa shape index (κ1) is 69.3. The van der Waals surface area contributed by atoms with E-state index in [9.17, 15) is 14.4 Å². The third-order valence-corrected chi connectivity index (χ3v) is 13.0. The highest BCUT2D eigenvalue weighted by Gasteiger charge is 2.19. The van der Waals surface area contributed by atoms with Gasteiger partial charge in [-0.05, 0) is 122 Å². The number of ether oxygens (including phenoxy) is 3. The molecule has 0 aromatic carbocycles. The number of carbonyl (C=O) groups is 3. The molecule has 0 aromatic heterocycles. The van der Waals surface area contributed by atoms with Gasteiger partial charge in [0, 0.05) is 19.3 Å². The van der Waals surface area contributed by atoms with Crippen molar-refractivity contribution < 1.29 is 28.6 Å². The van der Waals surface area contributed by atoms with Crippen LogP contribution in [0, 0.1) is 0 Å². The van der Waals surface area contributed by atoms with E-state index in [4.69, 9.17) is 14.2 Å². The first-order valence-corrected chi connectivity index (χ1v) is 30.7. The van der Waals surface area contributed by atoms with Gasteiger partial charge >= 0.3 is 17.9 Å². The average molecular weight is 1020 g/mol. The average Bonchev–Trinajstić information content (AvgIpc) is 3.39. The van der Waals surface area contributed by atoms with Crippen molar-refractivity contribution >= 4 is 17.9 Å². The van der Waals surface area contributed by atoms with Crippen LogP contribution in [0.2, 0.25) is 0 Å². The van der Waals surface area contributed by atoms with E-state index in [-0.39, 0.29) is 31.1 Å². The normalized spacial score (nSPS) is 12.8. The summed E-state index contributed by atoms with van der Waals surface area (Å²) in [7, 11) is 0. The van der Waals surface area contributed by atoms with E-state index in [1.165, 1.54) is 135 Å². The van der Waals surface area contributed by atoms with Gasteiger partial charge in [-0.2, -0.15) is 0 Å². The maximum absolute atomic E-state index is 12.9. The molecule has 0 radical (unpaired) electrons. The number of hydrogen-bond donors (Lipinski definition) is 0. The van der Waals surface area contributed by atoms with Gasteiger partial charge in [-0.3, -0.25) is 14.4 Å². The lowest BCUT2D eigenvalue weighted by molar-refractivity contribution is -0.167. The van der Waals surface area contributed by atoms with Crippen LogP contribution in [-0.4, -0.2) is 37.2 Å². The van der Waals surface area contributed by atoms with Crippen LogP contribution in [0.5, 0.6) is 0 Å². The van der Waals surface area contributed by atoms with Crippen LogP contribution >= 0.6 is 0 Å². The van der Waals surface area contributed by atoms with Gasteiger partial charge < -0.3 is 14.2 Å². The molecule has 1 unspecified atom stereocenters. The molecule has 0 saturated heterocycles. The van der Waals surface area contributed by atoms with Crippen molar-refractivity contribution in [2.75, 3.05) is 13.2 Å². The molecule has 0 heterocycles. The third-order valence-electron chi connectivity index (χ3n) is 13.0. The van der Waals surface area contributed by atoms with Gasteiger partial charge in [0.15, 0.2) is 6.10 Å². The number of allylic oxidation sites excluding steroid dienone is 16. The highest BCUT2D eigenvalue weighted by Crippen LogP contribution is 2.15. The standard InChI is InChI=1S/C67H114O6/c1-4-7-10-13-16-19-22-25-28-31-33-36-39-42-45-48-51-54-57-60-66(69)72-63-64(62-71-65(68)59-56-53-50-47-44-41-38-35-30-27-24-21-18-15-12-9-6-3)73-67(70)61-58-55-52-49-46-43-40-37-34-32-29-26-23-20-17-14-11-8-5-2/h9,12,16,18-19,21,25-30,33,36,38,41,64H,4-8,10-11,13-15,17,20,22-24,31-32,34-35,37,39-40,42-63H2,1-3H3/b12-9-,19-16-,21-18-,28-25-,29-26-,30-27-,36-33-,41-38-. The Balaban J connectivity index is 4.45. The summed E-state index contributed by atoms with van der Waals surface area (Å²) in [6, 6.07) is 0. The van der Waals surface area contributed by atoms with Gasteiger partial charge in [0.05, 0.1) is 0 Å². The van der Waals surface area contributed by atoms with E-state index in [2.05, 4.69) is 118 Å². The van der Waals surface area contributed by atoms with E-state index in [1.807, 2.05) is 0 Å². The van der Waals surface area contributed by atoms with Gasteiger partial charge in [0.2, 0.25) is 0 Å². The lowest BCUT2D eigenvalue weighted by atomic mass is 10.1. The molecule has 0 amide bonds. The Bertz CT molecular complexity index is 1440. The van der Waals surface area contributed by atoms with Crippen molar-refractivity contribution in [1.82, 2.24) is 0 Å². The Labute approximate surface area is 451 Å². The van der Waals surface area contributed by atoms with Gasteiger partial charge in [-0.25, -0.2) is 0 Å². The first-order valence-electron chi connectivity index (χ1n) is 30.7. The lowest BCUT2D eigenvalue weighted by Crippen LogP contribution is -2.30. The van der Waals surface area contributed by atoms with Gasteiger partial charge in [0.25, 0.3) is 0 Å². The van der Waals surface area contributed by atoms with Crippen LogP contribution < -0.4 is 0 Å². The van der Waals surface area contributed by atoms with Crippen LogP contribution in [0.4, 0.5) is 0 Å². The maximum Gasteiger partial charge on any atom is 0.306 e. The summed E-state index contributed by atoms with van der Waals surface area (Å²) in [6.45, 7) is 6.48. The van der Waals surface area contributed by atoms with Crippen LogP contribution in [0.1, 0.15) is 290 Å². The molecule has 6 heteroatoms. The second kappa shape index (κ2) is 60.9. The summed E-state index contributed by atoms with van der Waals surface area (Å²) in [5.74, 6) is -0.923. The molecule has 0 aliphatic heterocycles. The number of carbonyl (C=O) groups excluding carboxylic acids is 3. The molecule has 6 nitrogen and oxygen atoms in total. The Morgan fingerprint density at radius 2 is 0.534 bits per heavy atom. The largest absolute Gasteiger partial charge is 0.462 e. The number of rotatable bonds is 55. The fraction of sp³-hybridized carbons (Fsp3) is 0.716.